The zero-order chi connectivity index (χ0) is 21.8. The lowest BCUT2D eigenvalue weighted by molar-refractivity contribution is -0.117. The zero-order valence-electron chi connectivity index (χ0n) is 17.2. The fourth-order valence-electron chi connectivity index (χ4n) is 3.74. The van der Waals surface area contributed by atoms with Crippen molar-refractivity contribution >= 4 is 17.5 Å². The first kappa shape index (κ1) is 20.6. The van der Waals surface area contributed by atoms with Crippen LogP contribution >= 0.6 is 0 Å². The molecule has 0 aromatic heterocycles. The van der Waals surface area contributed by atoms with Crippen LogP contribution in [0.5, 0.6) is 5.75 Å². The number of anilines is 1. The van der Waals surface area contributed by atoms with Gasteiger partial charge in [0.2, 0.25) is 5.91 Å². The molecule has 1 heterocycles. The van der Waals surface area contributed by atoms with Crippen molar-refractivity contribution in [2.24, 2.45) is 0 Å². The third kappa shape index (κ3) is 4.58. The van der Waals surface area contributed by atoms with E-state index in [1.54, 1.807) is 48.4 Å². The summed E-state index contributed by atoms with van der Waals surface area (Å²) in [6.45, 7) is 0.703. The molecule has 0 aliphatic carbocycles. The number of carbonyl (C=O) groups excluding carboxylic acids is 2. The molecular formula is C25H23FN2O3. The first-order valence-corrected chi connectivity index (χ1v) is 10.2. The Kier molecular flexibility index (Phi) is 5.98. The van der Waals surface area contributed by atoms with Gasteiger partial charge in [-0.15, -0.1) is 0 Å². The maximum absolute atomic E-state index is 13.4. The fraction of sp³-hybridized carbons (Fsp3) is 0.200. The molecular weight excluding hydrogens is 395 g/mol. The van der Waals surface area contributed by atoms with Crippen molar-refractivity contribution in [2.45, 2.75) is 18.9 Å². The summed E-state index contributed by atoms with van der Waals surface area (Å²) in [5.41, 5.74) is 2.89. The van der Waals surface area contributed by atoms with E-state index < -0.39 is 6.04 Å². The molecule has 0 saturated carbocycles. The van der Waals surface area contributed by atoms with Gasteiger partial charge in [-0.25, -0.2) is 4.39 Å². The highest BCUT2D eigenvalue weighted by molar-refractivity contribution is 5.97. The Bertz CT molecular complexity index is 1060. The summed E-state index contributed by atoms with van der Waals surface area (Å²) >= 11 is 0. The Balaban J connectivity index is 1.57. The quantitative estimate of drug-likeness (QED) is 0.642. The molecule has 1 aliphatic rings. The van der Waals surface area contributed by atoms with E-state index in [0.717, 1.165) is 23.2 Å². The summed E-state index contributed by atoms with van der Waals surface area (Å²) in [4.78, 5) is 26.7. The van der Waals surface area contributed by atoms with E-state index in [0.29, 0.717) is 24.3 Å². The zero-order valence-corrected chi connectivity index (χ0v) is 17.2. The molecule has 1 unspecified atom stereocenters. The summed E-state index contributed by atoms with van der Waals surface area (Å²) in [5, 5.41) is 3.04. The van der Waals surface area contributed by atoms with Crippen LogP contribution in [-0.4, -0.2) is 25.5 Å². The molecule has 1 fully saturated rings. The number of hydrogen-bond acceptors (Lipinski definition) is 3. The molecule has 1 N–H and O–H groups in total. The summed E-state index contributed by atoms with van der Waals surface area (Å²) < 4.78 is 18.7. The largest absolute Gasteiger partial charge is 0.497 e. The lowest BCUT2D eigenvalue weighted by Gasteiger charge is -2.21. The smallest absolute Gasteiger partial charge is 0.252 e. The van der Waals surface area contributed by atoms with Gasteiger partial charge in [-0.3, -0.25) is 9.59 Å². The van der Waals surface area contributed by atoms with Gasteiger partial charge in [0.15, 0.2) is 0 Å². The van der Waals surface area contributed by atoms with E-state index >= 15 is 0 Å². The molecule has 31 heavy (non-hydrogen) atoms. The highest BCUT2D eigenvalue weighted by Gasteiger charge is 2.22. The Hall–Kier alpha value is -3.67. The van der Waals surface area contributed by atoms with E-state index in [4.69, 9.17) is 4.74 Å². The van der Waals surface area contributed by atoms with Crippen molar-refractivity contribution in [2.75, 3.05) is 18.6 Å². The highest BCUT2D eigenvalue weighted by Crippen LogP contribution is 2.26. The fourth-order valence-corrected chi connectivity index (χ4v) is 3.74. The normalized spacial score (nSPS) is 14.4. The van der Waals surface area contributed by atoms with Crippen molar-refractivity contribution in [3.05, 3.63) is 95.3 Å². The van der Waals surface area contributed by atoms with Gasteiger partial charge in [0, 0.05) is 24.2 Å². The second-order valence-electron chi connectivity index (χ2n) is 7.43. The van der Waals surface area contributed by atoms with Crippen LogP contribution in [0.3, 0.4) is 0 Å². The molecule has 3 aromatic carbocycles. The topological polar surface area (TPSA) is 58.6 Å². The van der Waals surface area contributed by atoms with Gasteiger partial charge in [0.25, 0.3) is 5.91 Å². The number of hydrogen-bond donors (Lipinski definition) is 1. The van der Waals surface area contributed by atoms with Crippen molar-refractivity contribution in [3.8, 4) is 5.75 Å². The number of rotatable bonds is 6. The minimum Gasteiger partial charge on any atom is -0.497 e. The van der Waals surface area contributed by atoms with Gasteiger partial charge < -0.3 is 15.0 Å². The molecule has 5 nitrogen and oxygen atoms in total. The van der Waals surface area contributed by atoms with Gasteiger partial charge in [0.1, 0.15) is 11.6 Å². The van der Waals surface area contributed by atoms with Crippen LogP contribution in [0.25, 0.3) is 0 Å². The Morgan fingerprint density at radius 3 is 2.13 bits per heavy atom. The SMILES string of the molecule is COc1ccc(C(NC(=O)c2ccc(N3CCCC3=O)cc2)c2ccc(F)cc2)cc1. The van der Waals surface area contributed by atoms with Crippen LogP contribution < -0.4 is 15.0 Å². The van der Waals surface area contributed by atoms with E-state index in [9.17, 15) is 14.0 Å². The van der Waals surface area contributed by atoms with Gasteiger partial charge in [-0.05, 0) is 66.1 Å². The predicted molar refractivity (Wildman–Crippen MR) is 117 cm³/mol. The van der Waals surface area contributed by atoms with Crippen molar-refractivity contribution < 1.29 is 18.7 Å². The Labute approximate surface area is 180 Å². The van der Waals surface area contributed by atoms with Crippen LogP contribution in [0.1, 0.15) is 40.4 Å². The lowest BCUT2D eigenvalue weighted by atomic mass is 9.98. The van der Waals surface area contributed by atoms with Crippen LogP contribution in [0.15, 0.2) is 72.8 Å². The molecule has 0 bridgehead atoms. The number of halogens is 1. The average Bonchev–Trinajstić information content (AvgIpc) is 3.24. The minimum atomic E-state index is -0.459. The number of methoxy groups -OCH3 is 1. The minimum absolute atomic E-state index is 0.105. The number of benzene rings is 3. The van der Waals surface area contributed by atoms with Crippen molar-refractivity contribution in [3.63, 3.8) is 0 Å². The highest BCUT2D eigenvalue weighted by atomic mass is 19.1. The summed E-state index contributed by atoms with van der Waals surface area (Å²) in [6, 6.07) is 20.0. The Morgan fingerprint density at radius 1 is 0.968 bits per heavy atom. The third-order valence-corrected chi connectivity index (χ3v) is 5.44. The summed E-state index contributed by atoms with van der Waals surface area (Å²) in [5.74, 6) is 0.216. The van der Waals surface area contributed by atoms with Crippen LogP contribution in [0, 0.1) is 5.82 Å². The molecule has 1 atom stereocenters. The van der Waals surface area contributed by atoms with Crippen molar-refractivity contribution in [1.82, 2.24) is 5.32 Å². The first-order chi connectivity index (χ1) is 15.0. The summed E-state index contributed by atoms with van der Waals surface area (Å²) in [7, 11) is 1.59. The number of amides is 2. The summed E-state index contributed by atoms with van der Waals surface area (Å²) in [6.07, 6.45) is 1.41. The number of nitrogens with one attached hydrogen (secondary N) is 1. The molecule has 2 amide bonds. The van der Waals surface area contributed by atoms with Gasteiger partial charge in [-0.2, -0.15) is 0 Å². The van der Waals surface area contributed by atoms with Gasteiger partial charge in [0.05, 0.1) is 13.2 Å². The molecule has 4 rings (SSSR count). The maximum Gasteiger partial charge on any atom is 0.252 e. The molecule has 6 heteroatoms. The van der Waals surface area contributed by atoms with E-state index in [-0.39, 0.29) is 17.6 Å². The van der Waals surface area contributed by atoms with Gasteiger partial charge >= 0.3 is 0 Å². The standard InChI is InChI=1S/C25H23FN2O3/c1-31-22-14-8-18(9-15-22)24(17-4-10-20(26)11-5-17)27-25(30)19-6-12-21(13-7-19)28-16-2-3-23(28)29/h4-15,24H,2-3,16H2,1H3,(H,27,30). The second-order valence-corrected chi connectivity index (χ2v) is 7.43. The van der Waals surface area contributed by atoms with E-state index in [2.05, 4.69) is 5.32 Å². The van der Waals surface area contributed by atoms with Gasteiger partial charge in [-0.1, -0.05) is 24.3 Å². The molecule has 0 radical (unpaired) electrons. The molecule has 0 spiro atoms. The number of ether oxygens (including phenoxy) is 1. The van der Waals surface area contributed by atoms with E-state index in [1.165, 1.54) is 12.1 Å². The number of nitrogens with zero attached hydrogens (tertiary/aromatic N) is 1. The van der Waals surface area contributed by atoms with Crippen LogP contribution in [0.4, 0.5) is 10.1 Å². The number of carbonyl (C=O) groups is 2. The monoisotopic (exact) mass is 418 g/mol. The van der Waals surface area contributed by atoms with Crippen molar-refractivity contribution in [1.29, 1.82) is 0 Å². The third-order valence-electron chi connectivity index (χ3n) is 5.44. The molecule has 1 aliphatic heterocycles. The molecule has 158 valence electrons. The van der Waals surface area contributed by atoms with Crippen LogP contribution in [0.2, 0.25) is 0 Å². The maximum atomic E-state index is 13.4. The average molecular weight is 418 g/mol. The van der Waals surface area contributed by atoms with Crippen LogP contribution in [-0.2, 0) is 4.79 Å². The predicted octanol–water partition coefficient (Wildman–Crippen LogP) is 4.48. The molecule has 1 saturated heterocycles. The second kappa shape index (κ2) is 9.00. The Morgan fingerprint density at radius 2 is 1.58 bits per heavy atom. The first-order valence-electron chi connectivity index (χ1n) is 10.2. The van der Waals surface area contributed by atoms with E-state index in [1.807, 2.05) is 24.3 Å². The molecule has 3 aromatic rings. The lowest BCUT2D eigenvalue weighted by Crippen LogP contribution is -2.29.